The van der Waals surface area contributed by atoms with E-state index < -0.39 is 0 Å². The number of nitrogens with zero attached hydrogens (tertiary/aromatic N) is 1. The molecular weight excluding hydrogens is 192 g/mol. The van der Waals surface area contributed by atoms with Crippen molar-refractivity contribution in [3.05, 3.63) is 60.4 Å². The highest BCUT2D eigenvalue weighted by atomic mass is 32.2. The van der Waals surface area contributed by atoms with Crippen LogP contribution in [0.4, 0.5) is 0 Å². The minimum Gasteiger partial charge on any atom is -0.328 e. The second kappa shape index (κ2) is 4.77. The SMILES string of the molecule is C1=CN=S(Cc2ccccc2)NC=C1. The van der Waals surface area contributed by atoms with E-state index in [1.807, 2.05) is 30.6 Å². The number of rotatable bonds is 2. The van der Waals surface area contributed by atoms with Gasteiger partial charge in [0.1, 0.15) is 0 Å². The summed E-state index contributed by atoms with van der Waals surface area (Å²) < 4.78 is 7.64. The topological polar surface area (TPSA) is 24.4 Å². The lowest BCUT2D eigenvalue weighted by Crippen LogP contribution is -2.10. The molecule has 2 nitrogen and oxygen atoms in total. The first-order valence-corrected chi connectivity index (χ1v) is 5.84. The lowest BCUT2D eigenvalue weighted by Gasteiger charge is -2.05. The van der Waals surface area contributed by atoms with Crippen LogP contribution < -0.4 is 4.72 Å². The van der Waals surface area contributed by atoms with E-state index in [1.54, 1.807) is 0 Å². The average molecular weight is 204 g/mol. The van der Waals surface area contributed by atoms with Crippen molar-refractivity contribution in [1.82, 2.24) is 4.72 Å². The minimum atomic E-state index is -0.112. The first-order valence-electron chi connectivity index (χ1n) is 4.49. The molecular formula is C11H12N2S. The van der Waals surface area contributed by atoms with Gasteiger partial charge in [0, 0.05) is 29.0 Å². The monoisotopic (exact) mass is 204 g/mol. The molecule has 0 saturated heterocycles. The van der Waals surface area contributed by atoms with Crippen molar-refractivity contribution in [2.24, 2.45) is 4.36 Å². The van der Waals surface area contributed by atoms with Crippen molar-refractivity contribution in [2.75, 3.05) is 0 Å². The van der Waals surface area contributed by atoms with Crippen molar-refractivity contribution in [3.8, 4) is 0 Å². The fraction of sp³-hybridized carbons (Fsp3) is 0.0909. The van der Waals surface area contributed by atoms with Crippen LogP contribution in [-0.4, -0.2) is 0 Å². The standard InChI is InChI=1S/C11H12N2S/c1-2-6-11(7-3-1)10-14-12-8-4-5-9-13-14/h1-9H,10H2,(H,12,13). The Balaban J connectivity index is 2.08. The molecule has 0 spiro atoms. The van der Waals surface area contributed by atoms with Crippen molar-refractivity contribution in [3.63, 3.8) is 0 Å². The number of benzene rings is 1. The zero-order valence-corrected chi connectivity index (χ0v) is 8.58. The molecule has 0 radical (unpaired) electrons. The first-order chi connectivity index (χ1) is 6.95. The van der Waals surface area contributed by atoms with E-state index in [4.69, 9.17) is 0 Å². The van der Waals surface area contributed by atoms with Gasteiger partial charge in [0.15, 0.2) is 0 Å². The van der Waals surface area contributed by atoms with Gasteiger partial charge in [-0.15, -0.1) is 0 Å². The molecule has 1 aromatic carbocycles. The number of allylic oxidation sites excluding steroid dienone is 2. The second-order valence-electron chi connectivity index (χ2n) is 2.92. The van der Waals surface area contributed by atoms with Gasteiger partial charge in [-0.05, 0) is 17.7 Å². The van der Waals surface area contributed by atoms with Crippen LogP contribution in [0.2, 0.25) is 0 Å². The van der Waals surface area contributed by atoms with Gasteiger partial charge < -0.3 is 4.72 Å². The Bertz CT molecular complexity index is 380. The summed E-state index contributed by atoms with van der Waals surface area (Å²) in [4.78, 5) is 0. The Morgan fingerprint density at radius 2 is 2.00 bits per heavy atom. The second-order valence-corrected chi connectivity index (χ2v) is 4.38. The molecule has 72 valence electrons. The molecule has 0 amide bonds. The summed E-state index contributed by atoms with van der Waals surface area (Å²) in [5.74, 6) is 0.954. The molecule has 2 rings (SSSR count). The van der Waals surface area contributed by atoms with Crippen molar-refractivity contribution in [2.45, 2.75) is 5.75 Å². The maximum atomic E-state index is 4.39. The Kier molecular flexibility index (Phi) is 3.14. The molecule has 0 aromatic heterocycles. The maximum Gasteiger partial charge on any atom is 0.0484 e. The van der Waals surface area contributed by atoms with Crippen LogP contribution in [0.5, 0.6) is 0 Å². The van der Waals surface area contributed by atoms with Gasteiger partial charge in [-0.2, -0.15) is 0 Å². The van der Waals surface area contributed by atoms with Crippen LogP contribution in [0.15, 0.2) is 59.2 Å². The van der Waals surface area contributed by atoms with Gasteiger partial charge in [-0.25, -0.2) is 4.36 Å². The summed E-state index contributed by atoms with van der Waals surface area (Å²) >= 11 is 0. The molecule has 0 aliphatic carbocycles. The summed E-state index contributed by atoms with van der Waals surface area (Å²) in [7, 11) is -0.112. The predicted octanol–water partition coefficient (Wildman–Crippen LogP) is 2.53. The number of hydrogen-bond donors (Lipinski definition) is 1. The highest BCUT2D eigenvalue weighted by Crippen LogP contribution is 2.04. The summed E-state index contributed by atoms with van der Waals surface area (Å²) in [6.07, 6.45) is 7.69. The summed E-state index contributed by atoms with van der Waals surface area (Å²) in [6.45, 7) is 0. The lowest BCUT2D eigenvalue weighted by atomic mass is 10.2. The largest absolute Gasteiger partial charge is 0.328 e. The molecule has 1 aromatic rings. The molecule has 14 heavy (non-hydrogen) atoms. The van der Waals surface area contributed by atoms with Crippen LogP contribution in [0.25, 0.3) is 0 Å². The van der Waals surface area contributed by atoms with Gasteiger partial charge in [0.2, 0.25) is 0 Å². The highest BCUT2D eigenvalue weighted by molar-refractivity contribution is 7.84. The van der Waals surface area contributed by atoms with Crippen LogP contribution in [0.1, 0.15) is 5.56 Å². The third-order valence-corrected chi connectivity index (χ3v) is 3.22. The molecule has 1 heterocycles. The molecule has 1 atom stereocenters. The third kappa shape index (κ3) is 2.57. The van der Waals surface area contributed by atoms with E-state index in [2.05, 4.69) is 33.4 Å². The molecule has 1 unspecified atom stereocenters. The van der Waals surface area contributed by atoms with Crippen molar-refractivity contribution in [1.29, 1.82) is 0 Å². The Labute approximate surface area is 86.6 Å². The Morgan fingerprint density at radius 3 is 2.86 bits per heavy atom. The highest BCUT2D eigenvalue weighted by Gasteiger charge is 1.96. The molecule has 1 aliphatic heterocycles. The molecule has 1 N–H and O–H groups in total. The van der Waals surface area contributed by atoms with Gasteiger partial charge in [-0.3, -0.25) is 0 Å². The van der Waals surface area contributed by atoms with Gasteiger partial charge >= 0.3 is 0 Å². The quantitative estimate of drug-likeness (QED) is 0.786. The molecule has 0 saturated carbocycles. The first kappa shape index (κ1) is 9.21. The predicted molar refractivity (Wildman–Crippen MR) is 61.4 cm³/mol. The fourth-order valence-corrected chi connectivity index (χ4v) is 2.35. The van der Waals surface area contributed by atoms with Crippen LogP contribution >= 0.6 is 0 Å². The normalized spacial score (nSPS) is 19.6. The van der Waals surface area contributed by atoms with Crippen LogP contribution in [0, 0.1) is 0 Å². The molecule has 3 heteroatoms. The summed E-state index contributed by atoms with van der Waals surface area (Å²) in [5, 5.41) is 0. The van der Waals surface area contributed by atoms with E-state index >= 15 is 0 Å². The summed E-state index contributed by atoms with van der Waals surface area (Å²) in [5.41, 5.74) is 1.32. The van der Waals surface area contributed by atoms with Gasteiger partial charge in [-0.1, -0.05) is 30.3 Å². The Morgan fingerprint density at radius 1 is 1.14 bits per heavy atom. The van der Waals surface area contributed by atoms with Crippen LogP contribution in [-0.2, 0) is 16.6 Å². The summed E-state index contributed by atoms with van der Waals surface area (Å²) in [6, 6.07) is 10.4. The van der Waals surface area contributed by atoms with E-state index in [9.17, 15) is 0 Å². The van der Waals surface area contributed by atoms with Crippen molar-refractivity contribution < 1.29 is 0 Å². The molecule has 0 bridgehead atoms. The van der Waals surface area contributed by atoms with Crippen molar-refractivity contribution >= 4 is 10.9 Å². The number of hydrogen-bond acceptors (Lipinski definition) is 2. The zero-order chi connectivity index (χ0) is 9.64. The average Bonchev–Trinajstić information content (AvgIpc) is 2.48. The minimum absolute atomic E-state index is 0.112. The zero-order valence-electron chi connectivity index (χ0n) is 7.76. The Hall–Kier alpha value is -1.35. The van der Waals surface area contributed by atoms with Gasteiger partial charge in [0.05, 0.1) is 0 Å². The van der Waals surface area contributed by atoms with E-state index in [0.29, 0.717) is 0 Å². The van der Waals surface area contributed by atoms with E-state index in [0.717, 1.165) is 5.75 Å². The molecule has 0 fully saturated rings. The molecule has 1 aliphatic rings. The van der Waals surface area contributed by atoms with Gasteiger partial charge in [0.25, 0.3) is 0 Å². The third-order valence-electron chi connectivity index (χ3n) is 1.83. The smallest absolute Gasteiger partial charge is 0.0484 e. The lowest BCUT2D eigenvalue weighted by molar-refractivity contribution is 1.32. The van der Waals surface area contributed by atoms with Crippen LogP contribution in [0.3, 0.4) is 0 Å². The van der Waals surface area contributed by atoms with E-state index in [1.165, 1.54) is 5.56 Å². The number of nitrogens with one attached hydrogen (secondary N) is 1. The fourth-order valence-electron chi connectivity index (χ4n) is 1.17. The van der Waals surface area contributed by atoms with E-state index in [-0.39, 0.29) is 10.9 Å². The maximum absolute atomic E-state index is 4.39.